The van der Waals surface area contributed by atoms with Crippen molar-refractivity contribution in [2.24, 2.45) is 0 Å². The maximum Gasteiger partial charge on any atom is 0.159 e. The van der Waals surface area contributed by atoms with E-state index in [1.807, 2.05) is 30.3 Å². The van der Waals surface area contributed by atoms with Crippen LogP contribution in [-0.2, 0) is 4.79 Å². The largest absolute Gasteiger partial charge is 0.377 e. The Morgan fingerprint density at radius 2 is 2.40 bits per heavy atom. The smallest absolute Gasteiger partial charge is 0.159 e. The summed E-state index contributed by atoms with van der Waals surface area (Å²) in [5, 5.41) is 0. The minimum atomic E-state index is 0.143. The topological polar surface area (TPSA) is 20.3 Å². The van der Waals surface area contributed by atoms with Crippen LogP contribution in [0.5, 0.6) is 0 Å². The van der Waals surface area contributed by atoms with Gasteiger partial charge in [0.2, 0.25) is 0 Å². The van der Waals surface area contributed by atoms with Gasteiger partial charge in [-0.1, -0.05) is 6.08 Å². The standard InChI is InChI=1S/C8H11NO/c1-7(10)8-3-5-9(2)6-4-8/h3-5H,6H2,1-2H3. The molecule has 1 rings (SSSR count). The Morgan fingerprint density at radius 1 is 1.70 bits per heavy atom. The summed E-state index contributed by atoms with van der Waals surface area (Å²) in [6.07, 6.45) is 5.69. The summed E-state index contributed by atoms with van der Waals surface area (Å²) in [5.41, 5.74) is 0.818. The van der Waals surface area contributed by atoms with E-state index < -0.39 is 0 Å². The van der Waals surface area contributed by atoms with Crippen molar-refractivity contribution in [1.29, 1.82) is 0 Å². The van der Waals surface area contributed by atoms with Gasteiger partial charge in [-0.05, 0) is 19.2 Å². The molecule has 2 nitrogen and oxygen atoms in total. The first-order valence-electron chi connectivity index (χ1n) is 3.29. The summed E-state index contributed by atoms with van der Waals surface area (Å²) >= 11 is 0. The van der Waals surface area contributed by atoms with E-state index in [1.54, 1.807) is 6.92 Å². The van der Waals surface area contributed by atoms with Gasteiger partial charge in [-0.25, -0.2) is 0 Å². The van der Waals surface area contributed by atoms with Gasteiger partial charge < -0.3 is 4.90 Å². The first-order valence-corrected chi connectivity index (χ1v) is 3.29. The second-order valence-electron chi connectivity index (χ2n) is 2.47. The van der Waals surface area contributed by atoms with Crippen LogP contribution in [0.15, 0.2) is 23.9 Å². The monoisotopic (exact) mass is 137 g/mol. The minimum Gasteiger partial charge on any atom is -0.377 e. The Labute approximate surface area is 60.8 Å². The van der Waals surface area contributed by atoms with Gasteiger partial charge in [0, 0.05) is 19.2 Å². The minimum absolute atomic E-state index is 0.143. The van der Waals surface area contributed by atoms with Crippen LogP contribution < -0.4 is 0 Å². The summed E-state index contributed by atoms with van der Waals surface area (Å²) in [6.45, 7) is 2.42. The molecule has 0 amide bonds. The van der Waals surface area contributed by atoms with Crippen molar-refractivity contribution in [3.8, 4) is 0 Å². The number of hydrogen-bond donors (Lipinski definition) is 0. The summed E-state index contributed by atoms with van der Waals surface area (Å²) in [6, 6.07) is 0. The zero-order valence-corrected chi connectivity index (χ0v) is 6.29. The van der Waals surface area contributed by atoms with Gasteiger partial charge in [-0.15, -0.1) is 0 Å². The van der Waals surface area contributed by atoms with Crippen LogP contribution in [0.2, 0.25) is 0 Å². The van der Waals surface area contributed by atoms with Crippen molar-refractivity contribution < 1.29 is 4.79 Å². The number of likely N-dealkylation sites (N-methyl/N-ethyl adjacent to an activating group) is 1. The number of Topliss-reactive ketones (excluding diaryl/α,β-unsaturated/α-hetero) is 1. The number of nitrogens with zero attached hydrogens (tertiary/aromatic N) is 1. The molecule has 0 bridgehead atoms. The van der Waals surface area contributed by atoms with Crippen LogP contribution in [-0.4, -0.2) is 24.3 Å². The highest BCUT2D eigenvalue weighted by Crippen LogP contribution is 2.05. The third kappa shape index (κ3) is 1.47. The molecule has 0 saturated carbocycles. The summed E-state index contributed by atoms with van der Waals surface area (Å²) in [4.78, 5) is 12.8. The van der Waals surface area contributed by atoms with Gasteiger partial charge in [0.05, 0.1) is 0 Å². The second kappa shape index (κ2) is 2.69. The molecule has 1 aliphatic rings. The SMILES string of the molecule is CC(=O)C1=CCN(C)C=C1. The quantitative estimate of drug-likeness (QED) is 0.536. The molecule has 0 spiro atoms. The molecule has 0 aromatic heterocycles. The van der Waals surface area contributed by atoms with Crippen molar-refractivity contribution in [2.75, 3.05) is 13.6 Å². The van der Waals surface area contributed by atoms with E-state index in [2.05, 4.69) is 0 Å². The van der Waals surface area contributed by atoms with Crippen LogP contribution in [0.4, 0.5) is 0 Å². The molecule has 1 aliphatic heterocycles. The van der Waals surface area contributed by atoms with E-state index in [9.17, 15) is 4.79 Å². The fourth-order valence-electron chi connectivity index (χ4n) is 0.840. The van der Waals surface area contributed by atoms with Crippen LogP contribution in [0.25, 0.3) is 0 Å². The van der Waals surface area contributed by atoms with Gasteiger partial charge >= 0.3 is 0 Å². The predicted octanol–water partition coefficient (Wildman–Crippen LogP) is 0.961. The molecule has 10 heavy (non-hydrogen) atoms. The average molecular weight is 137 g/mol. The summed E-state index contributed by atoms with van der Waals surface area (Å²) < 4.78 is 0. The van der Waals surface area contributed by atoms with E-state index in [0.717, 1.165) is 12.1 Å². The summed E-state index contributed by atoms with van der Waals surface area (Å²) in [5.74, 6) is 0.143. The highest BCUT2D eigenvalue weighted by Gasteiger charge is 2.03. The van der Waals surface area contributed by atoms with E-state index in [0.29, 0.717) is 0 Å². The van der Waals surface area contributed by atoms with Crippen LogP contribution in [0.1, 0.15) is 6.92 Å². The second-order valence-corrected chi connectivity index (χ2v) is 2.47. The third-order valence-electron chi connectivity index (χ3n) is 1.51. The van der Waals surface area contributed by atoms with Crippen molar-refractivity contribution in [1.82, 2.24) is 4.90 Å². The van der Waals surface area contributed by atoms with E-state index in [4.69, 9.17) is 0 Å². The molecule has 0 aromatic carbocycles. The average Bonchev–Trinajstić information content (AvgIpc) is 1.88. The molecule has 2 heteroatoms. The summed E-state index contributed by atoms with van der Waals surface area (Å²) in [7, 11) is 1.98. The molecule has 0 atom stereocenters. The normalized spacial score (nSPS) is 17.0. The molecule has 0 aliphatic carbocycles. The maximum atomic E-state index is 10.8. The number of carbonyl (C=O) groups excluding carboxylic acids is 1. The van der Waals surface area contributed by atoms with Crippen molar-refractivity contribution in [3.05, 3.63) is 23.9 Å². The lowest BCUT2D eigenvalue weighted by molar-refractivity contribution is -0.113. The zero-order valence-electron chi connectivity index (χ0n) is 6.29. The molecule has 0 fully saturated rings. The van der Waals surface area contributed by atoms with E-state index >= 15 is 0 Å². The molecular weight excluding hydrogens is 126 g/mol. The number of ketones is 1. The van der Waals surface area contributed by atoms with Crippen molar-refractivity contribution >= 4 is 5.78 Å². The molecular formula is C8H11NO. The van der Waals surface area contributed by atoms with E-state index in [-0.39, 0.29) is 5.78 Å². The van der Waals surface area contributed by atoms with E-state index in [1.165, 1.54) is 0 Å². The molecule has 0 radical (unpaired) electrons. The van der Waals surface area contributed by atoms with Crippen LogP contribution in [0.3, 0.4) is 0 Å². The first-order chi connectivity index (χ1) is 4.70. The van der Waals surface area contributed by atoms with Gasteiger partial charge in [0.15, 0.2) is 5.78 Å². The third-order valence-corrected chi connectivity index (χ3v) is 1.51. The molecule has 54 valence electrons. The van der Waals surface area contributed by atoms with Gasteiger partial charge in [-0.3, -0.25) is 4.79 Å². The van der Waals surface area contributed by atoms with Crippen LogP contribution in [0, 0.1) is 0 Å². The fourth-order valence-corrected chi connectivity index (χ4v) is 0.840. The van der Waals surface area contributed by atoms with Gasteiger partial charge in [-0.2, -0.15) is 0 Å². The van der Waals surface area contributed by atoms with Gasteiger partial charge in [0.25, 0.3) is 0 Å². The zero-order chi connectivity index (χ0) is 7.56. The number of hydrogen-bond acceptors (Lipinski definition) is 2. The van der Waals surface area contributed by atoms with Gasteiger partial charge in [0.1, 0.15) is 0 Å². The van der Waals surface area contributed by atoms with Crippen molar-refractivity contribution in [2.45, 2.75) is 6.92 Å². The van der Waals surface area contributed by atoms with Crippen LogP contribution >= 0.6 is 0 Å². The fraction of sp³-hybridized carbons (Fsp3) is 0.375. The predicted molar refractivity (Wildman–Crippen MR) is 40.5 cm³/mol. The molecule has 0 aromatic rings. The number of carbonyl (C=O) groups is 1. The lowest BCUT2D eigenvalue weighted by Gasteiger charge is -2.15. The Hall–Kier alpha value is -1.05. The Kier molecular flexibility index (Phi) is 1.90. The molecule has 0 unspecified atom stereocenters. The lowest BCUT2D eigenvalue weighted by atomic mass is 10.1. The Balaban J connectivity index is 2.67. The number of rotatable bonds is 1. The lowest BCUT2D eigenvalue weighted by Crippen LogP contribution is -2.15. The molecule has 0 N–H and O–H groups in total. The Bertz CT molecular complexity index is 203. The van der Waals surface area contributed by atoms with Crippen molar-refractivity contribution in [3.63, 3.8) is 0 Å². The Morgan fingerprint density at radius 3 is 2.80 bits per heavy atom. The molecule has 1 heterocycles. The molecule has 0 saturated heterocycles. The number of allylic oxidation sites excluding steroid dienone is 2. The highest BCUT2D eigenvalue weighted by atomic mass is 16.1. The highest BCUT2D eigenvalue weighted by molar-refractivity contribution is 5.96. The first kappa shape index (κ1) is 7.06. The maximum absolute atomic E-state index is 10.8.